The summed E-state index contributed by atoms with van der Waals surface area (Å²) in [6.45, 7) is 6.20. The van der Waals surface area contributed by atoms with Crippen LogP contribution in [0.15, 0.2) is 16.8 Å². The summed E-state index contributed by atoms with van der Waals surface area (Å²) in [7, 11) is 3.89. The van der Waals surface area contributed by atoms with Crippen molar-refractivity contribution in [2.45, 2.75) is 51.6 Å². The molecule has 1 aliphatic rings. The fourth-order valence-electron chi connectivity index (χ4n) is 3.22. The van der Waals surface area contributed by atoms with Crippen molar-refractivity contribution in [1.29, 1.82) is 0 Å². The van der Waals surface area contributed by atoms with Gasteiger partial charge in [-0.1, -0.05) is 6.92 Å². The highest BCUT2D eigenvalue weighted by Crippen LogP contribution is 2.32. The molecule has 0 aromatic carbocycles. The Morgan fingerprint density at radius 1 is 1.25 bits per heavy atom. The molecule has 0 saturated carbocycles. The minimum Gasteiger partial charge on any atom is -0.425 e. The van der Waals surface area contributed by atoms with Crippen molar-refractivity contribution >= 4 is 5.95 Å². The summed E-state index contributed by atoms with van der Waals surface area (Å²) in [5.41, 5.74) is 1.13. The van der Waals surface area contributed by atoms with E-state index in [9.17, 15) is 0 Å². The van der Waals surface area contributed by atoms with Gasteiger partial charge in [-0.05, 0) is 26.3 Å². The number of likely N-dealkylation sites (tertiary alicyclic amines) is 1. The second kappa shape index (κ2) is 7.25. The van der Waals surface area contributed by atoms with E-state index in [1.54, 1.807) is 0 Å². The maximum atomic E-state index is 5.80. The highest BCUT2D eigenvalue weighted by Gasteiger charge is 2.32. The lowest BCUT2D eigenvalue weighted by Crippen LogP contribution is -2.41. The fourth-order valence-corrected chi connectivity index (χ4v) is 3.22. The quantitative estimate of drug-likeness (QED) is 0.832. The third-order valence-corrected chi connectivity index (χ3v) is 4.70. The van der Waals surface area contributed by atoms with Gasteiger partial charge >= 0.3 is 0 Å². The van der Waals surface area contributed by atoms with Crippen molar-refractivity contribution in [2.75, 3.05) is 25.5 Å². The van der Waals surface area contributed by atoms with Crippen LogP contribution in [-0.2, 0) is 13.0 Å². The topological polar surface area (TPSA) is 71.2 Å². The third kappa shape index (κ3) is 3.56. The number of rotatable bonds is 5. The van der Waals surface area contributed by atoms with Crippen molar-refractivity contribution in [3.8, 4) is 0 Å². The summed E-state index contributed by atoms with van der Waals surface area (Å²) < 4.78 is 5.80. The Morgan fingerprint density at radius 3 is 2.62 bits per heavy atom. The van der Waals surface area contributed by atoms with E-state index in [4.69, 9.17) is 4.42 Å². The highest BCUT2D eigenvalue weighted by atomic mass is 16.4. The van der Waals surface area contributed by atoms with Crippen molar-refractivity contribution in [3.63, 3.8) is 0 Å². The highest BCUT2D eigenvalue weighted by molar-refractivity contribution is 5.26. The van der Waals surface area contributed by atoms with Crippen LogP contribution in [0.1, 0.15) is 50.0 Å². The van der Waals surface area contributed by atoms with E-state index in [0.29, 0.717) is 12.0 Å². The van der Waals surface area contributed by atoms with E-state index >= 15 is 0 Å². The first-order valence-corrected chi connectivity index (χ1v) is 8.63. The Bertz CT molecular complexity index is 653. The van der Waals surface area contributed by atoms with Crippen LogP contribution in [-0.4, -0.2) is 51.7 Å². The van der Waals surface area contributed by atoms with Crippen molar-refractivity contribution in [1.82, 2.24) is 25.1 Å². The van der Waals surface area contributed by atoms with Crippen LogP contribution in [0.25, 0.3) is 0 Å². The molecule has 7 heteroatoms. The Kier molecular flexibility index (Phi) is 5.08. The van der Waals surface area contributed by atoms with Crippen LogP contribution in [0.5, 0.6) is 0 Å². The van der Waals surface area contributed by atoms with Gasteiger partial charge in [0.25, 0.3) is 0 Å². The fraction of sp³-hybridized carbons (Fsp3) is 0.647. The Hall–Kier alpha value is -2.02. The minimum absolute atomic E-state index is 0.300. The zero-order valence-corrected chi connectivity index (χ0v) is 14.9. The molecule has 2 aromatic rings. The summed E-state index contributed by atoms with van der Waals surface area (Å²) in [5.74, 6) is 2.54. The molecule has 1 fully saturated rings. The van der Waals surface area contributed by atoms with E-state index in [-0.39, 0.29) is 0 Å². The number of anilines is 1. The van der Waals surface area contributed by atoms with Gasteiger partial charge in [0.05, 0.1) is 5.92 Å². The first-order valence-electron chi connectivity index (χ1n) is 8.63. The molecule has 2 atom stereocenters. The molecule has 0 bridgehead atoms. The van der Waals surface area contributed by atoms with Crippen LogP contribution in [0.4, 0.5) is 5.95 Å². The summed E-state index contributed by atoms with van der Waals surface area (Å²) in [6.07, 6.45) is 6.85. The minimum atomic E-state index is 0.300. The molecule has 1 saturated heterocycles. The molecule has 0 aliphatic carbocycles. The average Bonchev–Trinajstić information content (AvgIpc) is 3.06. The number of hydrogen-bond donors (Lipinski definition) is 0. The van der Waals surface area contributed by atoms with Crippen LogP contribution < -0.4 is 4.90 Å². The Morgan fingerprint density at radius 2 is 2.00 bits per heavy atom. The van der Waals surface area contributed by atoms with Crippen LogP contribution in [0.3, 0.4) is 0 Å². The van der Waals surface area contributed by atoms with Gasteiger partial charge in [-0.15, -0.1) is 10.2 Å². The number of hydrogen-bond acceptors (Lipinski definition) is 7. The maximum Gasteiger partial charge on any atom is 0.224 e. The Labute approximate surface area is 143 Å². The van der Waals surface area contributed by atoms with Gasteiger partial charge in [-0.3, -0.25) is 4.90 Å². The lowest BCUT2D eigenvalue weighted by atomic mass is 9.90. The molecule has 7 nitrogen and oxygen atoms in total. The Balaban J connectivity index is 1.69. The molecule has 3 heterocycles. The predicted molar refractivity (Wildman–Crippen MR) is 91.9 cm³/mol. The summed E-state index contributed by atoms with van der Waals surface area (Å²) >= 11 is 0. The second-order valence-electron chi connectivity index (χ2n) is 6.63. The van der Waals surface area contributed by atoms with Crippen molar-refractivity contribution in [2.24, 2.45) is 0 Å². The number of piperidine rings is 1. The molecule has 1 aliphatic heterocycles. The lowest BCUT2D eigenvalue weighted by molar-refractivity contribution is 0.118. The van der Waals surface area contributed by atoms with Gasteiger partial charge in [-0.25, -0.2) is 9.97 Å². The van der Waals surface area contributed by atoms with Gasteiger partial charge in [0.1, 0.15) is 0 Å². The smallest absolute Gasteiger partial charge is 0.224 e. The SMILES string of the molecule is CCc1nnc([C@H]2CCCN(Cc3cnc(N(C)C)nc3)[C@H]2C)o1. The molecule has 130 valence electrons. The van der Waals surface area contributed by atoms with E-state index in [1.165, 1.54) is 0 Å². The first-order chi connectivity index (χ1) is 11.6. The molecular formula is C17H26N6O. The largest absolute Gasteiger partial charge is 0.425 e. The van der Waals surface area contributed by atoms with E-state index in [1.807, 2.05) is 38.3 Å². The zero-order valence-electron chi connectivity index (χ0n) is 14.9. The number of aryl methyl sites for hydroxylation is 1. The lowest BCUT2D eigenvalue weighted by Gasteiger charge is -2.37. The molecule has 0 spiro atoms. The van der Waals surface area contributed by atoms with E-state index in [0.717, 1.165) is 55.6 Å². The van der Waals surface area contributed by atoms with Gasteiger partial charge in [0.15, 0.2) is 0 Å². The summed E-state index contributed by atoms with van der Waals surface area (Å²) in [6, 6.07) is 0.359. The normalized spacial score (nSPS) is 21.8. The second-order valence-corrected chi connectivity index (χ2v) is 6.63. The predicted octanol–water partition coefficient (Wildman–Crippen LogP) is 2.26. The number of aromatic nitrogens is 4. The van der Waals surface area contributed by atoms with Gasteiger partial charge < -0.3 is 9.32 Å². The van der Waals surface area contributed by atoms with Crippen molar-refractivity contribution in [3.05, 3.63) is 29.7 Å². The van der Waals surface area contributed by atoms with Gasteiger partial charge in [0.2, 0.25) is 17.7 Å². The molecule has 24 heavy (non-hydrogen) atoms. The zero-order chi connectivity index (χ0) is 17.1. The molecule has 3 rings (SSSR count). The van der Waals surface area contributed by atoms with E-state index in [2.05, 4.69) is 32.0 Å². The van der Waals surface area contributed by atoms with Crippen LogP contribution >= 0.6 is 0 Å². The van der Waals surface area contributed by atoms with Crippen LogP contribution in [0.2, 0.25) is 0 Å². The molecule has 2 aromatic heterocycles. The van der Waals surface area contributed by atoms with Gasteiger partial charge in [0, 0.05) is 51.1 Å². The average molecular weight is 330 g/mol. The molecular weight excluding hydrogens is 304 g/mol. The first kappa shape index (κ1) is 16.8. The summed E-state index contributed by atoms with van der Waals surface area (Å²) in [5, 5.41) is 8.38. The monoisotopic (exact) mass is 330 g/mol. The molecule has 0 amide bonds. The molecule has 0 N–H and O–H groups in total. The van der Waals surface area contributed by atoms with E-state index < -0.39 is 0 Å². The maximum absolute atomic E-state index is 5.80. The molecule has 0 radical (unpaired) electrons. The van der Waals surface area contributed by atoms with Gasteiger partial charge in [-0.2, -0.15) is 0 Å². The standard InChI is InChI=1S/C17H26N6O/c1-5-15-20-21-16(24-15)14-7-6-8-23(12(14)2)11-13-9-18-17(19-10-13)22(3)4/h9-10,12,14H,5-8,11H2,1-4H3/t12-,14-/m0/s1. The van der Waals surface area contributed by atoms with Crippen LogP contribution in [0, 0.1) is 0 Å². The molecule has 0 unspecified atom stereocenters. The number of nitrogens with zero attached hydrogens (tertiary/aromatic N) is 6. The summed E-state index contributed by atoms with van der Waals surface area (Å²) in [4.78, 5) is 13.2. The third-order valence-electron chi connectivity index (χ3n) is 4.70. The van der Waals surface area contributed by atoms with Crippen molar-refractivity contribution < 1.29 is 4.42 Å².